The summed E-state index contributed by atoms with van der Waals surface area (Å²) in [6, 6.07) is 5.60. The highest BCUT2D eigenvalue weighted by Gasteiger charge is 2.33. The lowest BCUT2D eigenvalue weighted by atomic mass is 9.78. The van der Waals surface area contributed by atoms with Gasteiger partial charge in [-0.25, -0.2) is 0 Å². The van der Waals surface area contributed by atoms with Gasteiger partial charge in [0.05, 0.1) is 19.1 Å². The van der Waals surface area contributed by atoms with Crippen LogP contribution in [-0.2, 0) is 9.53 Å². The number of fused-ring (bicyclic) bond motifs is 1. The first kappa shape index (κ1) is 13.0. The molecule has 0 fully saturated rings. The van der Waals surface area contributed by atoms with Crippen molar-refractivity contribution in [3.05, 3.63) is 35.9 Å². The van der Waals surface area contributed by atoms with Gasteiger partial charge in [-0.05, 0) is 24.1 Å². The summed E-state index contributed by atoms with van der Waals surface area (Å²) in [5.41, 5.74) is 0.938. The van der Waals surface area contributed by atoms with Crippen LogP contribution in [0, 0.1) is 5.92 Å². The molecular formula is C15H16O5. The van der Waals surface area contributed by atoms with Gasteiger partial charge in [-0.1, -0.05) is 18.2 Å². The molecule has 0 spiro atoms. The minimum absolute atomic E-state index is 0.128. The van der Waals surface area contributed by atoms with Gasteiger partial charge in [0.25, 0.3) is 0 Å². The minimum atomic E-state index is -0.550. The number of hydrogen-bond donors (Lipinski definition) is 1. The Hall–Kier alpha value is -2.01. The Balaban J connectivity index is 1.93. The van der Waals surface area contributed by atoms with Crippen LogP contribution < -0.4 is 9.47 Å². The third-order valence-corrected chi connectivity index (χ3v) is 3.77. The van der Waals surface area contributed by atoms with Crippen LogP contribution in [0.3, 0.4) is 0 Å². The Bertz CT molecular complexity index is 551. The number of esters is 1. The smallest absolute Gasteiger partial charge is 0.313 e. The summed E-state index contributed by atoms with van der Waals surface area (Å²) in [5, 5.41) is 9.81. The van der Waals surface area contributed by atoms with E-state index in [2.05, 4.69) is 0 Å². The lowest BCUT2D eigenvalue weighted by Crippen LogP contribution is -2.28. The summed E-state index contributed by atoms with van der Waals surface area (Å²) in [6.45, 7) is 0.215. The van der Waals surface area contributed by atoms with Crippen LogP contribution in [0.2, 0.25) is 0 Å². The number of benzene rings is 1. The van der Waals surface area contributed by atoms with Crippen molar-refractivity contribution in [3.8, 4) is 11.5 Å². The zero-order chi connectivity index (χ0) is 14.1. The number of aliphatic hydroxyl groups excluding tert-OH is 1. The van der Waals surface area contributed by atoms with E-state index in [1.54, 1.807) is 12.2 Å². The van der Waals surface area contributed by atoms with Crippen LogP contribution in [0.5, 0.6) is 11.5 Å². The number of aliphatic hydroxyl groups is 1. The van der Waals surface area contributed by atoms with E-state index in [9.17, 15) is 9.90 Å². The Kier molecular flexibility index (Phi) is 3.36. The largest absolute Gasteiger partial charge is 0.469 e. The maximum absolute atomic E-state index is 11.9. The SMILES string of the molecule is COC(=O)[C@H]1C=C[C@@H](O)C[C@@H]1c1ccc2c(c1)OCO2. The predicted molar refractivity (Wildman–Crippen MR) is 70.6 cm³/mol. The van der Waals surface area contributed by atoms with Crippen molar-refractivity contribution in [3.63, 3.8) is 0 Å². The van der Waals surface area contributed by atoms with Gasteiger partial charge in [0.2, 0.25) is 6.79 Å². The molecule has 0 saturated heterocycles. The fourth-order valence-corrected chi connectivity index (χ4v) is 2.73. The van der Waals surface area contributed by atoms with Crippen LogP contribution in [0.1, 0.15) is 17.9 Å². The summed E-state index contributed by atoms with van der Waals surface area (Å²) in [6.07, 6.45) is 3.29. The highest BCUT2D eigenvalue weighted by atomic mass is 16.7. The summed E-state index contributed by atoms with van der Waals surface area (Å²) >= 11 is 0. The van der Waals surface area contributed by atoms with Crippen molar-refractivity contribution in [2.24, 2.45) is 5.92 Å². The molecule has 5 heteroatoms. The number of methoxy groups -OCH3 is 1. The Labute approximate surface area is 116 Å². The van der Waals surface area contributed by atoms with Gasteiger partial charge in [0, 0.05) is 5.92 Å². The highest BCUT2D eigenvalue weighted by Crippen LogP contribution is 2.40. The van der Waals surface area contributed by atoms with E-state index in [4.69, 9.17) is 14.2 Å². The van der Waals surface area contributed by atoms with Crippen molar-refractivity contribution >= 4 is 5.97 Å². The number of rotatable bonds is 2. The Morgan fingerprint density at radius 1 is 1.30 bits per heavy atom. The molecule has 0 saturated carbocycles. The molecule has 0 radical (unpaired) electrons. The van der Waals surface area contributed by atoms with Crippen LogP contribution in [-0.4, -0.2) is 31.1 Å². The van der Waals surface area contributed by atoms with E-state index in [-0.39, 0.29) is 24.6 Å². The van der Waals surface area contributed by atoms with E-state index < -0.39 is 6.10 Å². The summed E-state index contributed by atoms with van der Waals surface area (Å²) in [7, 11) is 1.37. The first-order valence-electron chi connectivity index (χ1n) is 6.53. The van der Waals surface area contributed by atoms with Gasteiger partial charge in [0.1, 0.15) is 0 Å². The molecule has 1 heterocycles. The molecule has 1 N–H and O–H groups in total. The van der Waals surface area contributed by atoms with Gasteiger partial charge in [0.15, 0.2) is 11.5 Å². The molecule has 2 aliphatic rings. The molecule has 1 aliphatic heterocycles. The topological polar surface area (TPSA) is 65.0 Å². The van der Waals surface area contributed by atoms with Crippen LogP contribution in [0.15, 0.2) is 30.4 Å². The molecule has 20 heavy (non-hydrogen) atoms. The first-order chi connectivity index (χ1) is 9.69. The molecule has 1 aliphatic carbocycles. The van der Waals surface area contributed by atoms with Gasteiger partial charge < -0.3 is 19.3 Å². The monoisotopic (exact) mass is 276 g/mol. The summed E-state index contributed by atoms with van der Waals surface area (Å²) in [5.74, 6) is 0.571. The average molecular weight is 276 g/mol. The highest BCUT2D eigenvalue weighted by molar-refractivity contribution is 5.76. The lowest BCUT2D eigenvalue weighted by Gasteiger charge is -2.28. The van der Waals surface area contributed by atoms with Crippen LogP contribution in [0.4, 0.5) is 0 Å². The molecular weight excluding hydrogens is 260 g/mol. The molecule has 0 unspecified atom stereocenters. The zero-order valence-corrected chi connectivity index (χ0v) is 11.1. The van der Waals surface area contributed by atoms with E-state index in [0.29, 0.717) is 17.9 Å². The van der Waals surface area contributed by atoms with Crippen molar-refractivity contribution in [1.29, 1.82) is 0 Å². The summed E-state index contributed by atoms with van der Waals surface area (Å²) in [4.78, 5) is 11.9. The zero-order valence-electron chi connectivity index (χ0n) is 11.1. The molecule has 0 bridgehead atoms. The van der Waals surface area contributed by atoms with Gasteiger partial charge in [-0.3, -0.25) is 4.79 Å². The maximum Gasteiger partial charge on any atom is 0.313 e. The predicted octanol–water partition coefficient (Wildman–Crippen LogP) is 1.61. The van der Waals surface area contributed by atoms with Crippen LogP contribution in [0.25, 0.3) is 0 Å². The van der Waals surface area contributed by atoms with Crippen molar-refractivity contribution in [2.75, 3.05) is 13.9 Å². The van der Waals surface area contributed by atoms with E-state index in [1.807, 2.05) is 18.2 Å². The van der Waals surface area contributed by atoms with Crippen molar-refractivity contribution in [2.45, 2.75) is 18.4 Å². The molecule has 1 aromatic rings. The van der Waals surface area contributed by atoms with Crippen molar-refractivity contribution in [1.82, 2.24) is 0 Å². The number of ether oxygens (including phenoxy) is 3. The molecule has 3 atom stereocenters. The lowest BCUT2D eigenvalue weighted by molar-refractivity contribution is -0.144. The third kappa shape index (κ3) is 2.25. The second-order valence-corrected chi connectivity index (χ2v) is 4.96. The molecule has 106 valence electrons. The quantitative estimate of drug-likeness (QED) is 0.656. The van der Waals surface area contributed by atoms with Gasteiger partial charge >= 0.3 is 5.97 Å². The molecule has 0 aromatic heterocycles. The molecule has 3 rings (SSSR count). The van der Waals surface area contributed by atoms with Crippen LogP contribution >= 0.6 is 0 Å². The first-order valence-corrected chi connectivity index (χ1v) is 6.53. The van der Waals surface area contributed by atoms with E-state index >= 15 is 0 Å². The Morgan fingerprint density at radius 3 is 2.90 bits per heavy atom. The normalized spacial score (nSPS) is 27.4. The second-order valence-electron chi connectivity index (χ2n) is 4.96. The summed E-state index contributed by atoms with van der Waals surface area (Å²) < 4.78 is 15.5. The minimum Gasteiger partial charge on any atom is -0.469 e. The fourth-order valence-electron chi connectivity index (χ4n) is 2.73. The number of hydrogen-bond acceptors (Lipinski definition) is 5. The third-order valence-electron chi connectivity index (χ3n) is 3.77. The van der Waals surface area contributed by atoms with E-state index in [0.717, 1.165) is 5.56 Å². The fraction of sp³-hybridized carbons (Fsp3) is 0.400. The molecule has 5 nitrogen and oxygen atoms in total. The average Bonchev–Trinajstić information content (AvgIpc) is 2.93. The van der Waals surface area contributed by atoms with Gasteiger partial charge in [-0.15, -0.1) is 0 Å². The maximum atomic E-state index is 11.9. The van der Waals surface area contributed by atoms with Gasteiger partial charge in [-0.2, -0.15) is 0 Å². The standard InChI is InChI=1S/C15H16O5/c1-18-15(17)11-4-3-10(16)7-12(11)9-2-5-13-14(6-9)20-8-19-13/h2-6,10-12,16H,7-8H2,1H3/t10-,11+,12-/m1/s1. The van der Waals surface area contributed by atoms with E-state index in [1.165, 1.54) is 7.11 Å². The Morgan fingerprint density at radius 2 is 2.10 bits per heavy atom. The second kappa shape index (κ2) is 5.17. The molecule has 1 aromatic carbocycles. The number of carbonyl (C=O) groups excluding carboxylic acids is 1. The van der Waals surface area contributed by atoms with Crippen molar-refractivity contribution < 1.29 is 24.1 Å². The molecule has 0 amide bonds. The number of carbonyl (C=O) groups is 1.